The fraction of sp³-hybridized carbons (Fsp3) is 0.167. The minimum absolute atomic E-state index is 0.266. The van der Waals surface area contributed by atoms with E-state index in [-0.39, 0.29) is 5.02 Å². The molecule has 0 saturated heterocycles. The normalized spacial score (nSPS) is 13.1. The molecule has 4 rings (SSSR count). The van der Waals surface area contributed by atoms with Crippen molar-refractivity contribution < 1.29 is 0 Å². The minimum Gasteiger partial charge on any atom is -0.310 e. The van der Waals surface area contributed by atoms with E-state index in [2.05, 4.69) is 4.98 Å². The SMILES string of the molecule is Cc1ccc(N2CCn3c2nc(=O)n(-c2ccc(Cl)c(Cl)c2)c3=O)cc1. The molecular weight excluding hydrogens is 375 g/mol. The average molecular weight is 389 g/mol. The summed E-state index contributed by atoms with van der Waals surface area (Å²) in [4.78, 5) is 31.5. The van der Waals surface area contributed by atoms with Gasteiger partial charge in [0.2, 0.25) is 5.95 Å². The molecule has 0 bridgehead atoms. The number of aryl methyl sites for hydroxylation is 1. The first-order chi connectivity index (χ1) is 12.5. The Labute approximate surface area is 158 Å². The number of hydrogen-bond acceptors (Lipinski definition) is 4. The highest BCUT2D eigenvalue weighted by Crippen LogP contribution is 2.27. The van der Waals surface area contributed by atoms with E-state index in [0.717, 1.165) is 15.8 Å². The zero-order valence-electron chi connectivity index (χ0n) is 13.8. The van der Waals surface area contributed by atoms with Crippen LogP contribution in [-0.2, 0) is 6.54 Å². The van der Waals surface area contributed by atoms with Gasteiger partial charge in [0.05, 0.1) is 15.7 Å². The molecule has 3 aromatic rings. The maximum Gasteiger partial charge on any atom is 0.359 e. The third-order valence-electron chi connectivity index (χ3n) is 4.35. The summed E-state index contributed by atoms with van der Waals surface area (Å²) in [6, 6.07) is 12.4. The number of benzene rings is 2. The highest BCUT2D eigenvalue weighted by atomic mass is 35.5. The van der Waals surface area contributed by atoms with Crippen LogP contribution in [-0.4, -0.2) is 20.7 Å². The highest BCUT2D eigenvalue weighted by molar-refractivity contribution is 6.42. The van der Waals surface area contributed by atoms with E-state index in [1.165, 1.54) is 10.6 Å². The van der Waals surface area contributed by atoms with Crippen molar-refractivity contribution in [1.29, 1.82) is 0 Å². The lowest BCUT2D eigenvalue weighted by Gasteiger charge is -2.17. The van der Waals surface area contributed by atoms with E-state index >= 15 is 0 Å². The number of hydrogen-bond donors (Lipinski definition) is 0. The van der Waals surface area contributed by atoms with Crippen LogP contribution in [0, 0.1) is 6.92 Å². The maximum atomic E-state index is 12.9. The number of anilines is 2. The van der Waals surface area contributed by atoms with Crippen LogP contribution in [0.3, 0.4) is 0 Å². The van der Waals surface area contributed by atoms with E-state index in [1.807, 2.05) is 36.1 Å². The number of halogens is 2. The van der Waals surface area contributed by atoms with Gasteiger partial charge in [0.1, 0.15) is 0 Å². The Hall–Kier alpha value is -2.57. The van der Waals surface area contributed by atoms with E-state index in [4.69, 9.17) is 23.2 Å². The molecule has 0 radical (unpaired) electrons. The zero-order valence-corrected chi connectivity index (χ0v) is 15.3. The summed E-state index contributed by atoms with van der Waals surface area (Å²) < 4.78 is 2.49. The second-order valence-electron chi connectivity index (χ2n) is 6.05. The summed E-state index contributed by atoms with van der Waals surface area (Å²) in [7, 11) is 0. The fourth-order valence-corrected chi connectivity index (χ4v) is 3.29. The molecule has 2 aromatic carbocycles. The van der Waals surface area contributed by atoms with Gasteiger partial charge in [-0.15, -0.1) is 0 Å². The number of fused-ring (bicyclic) bond motifs is 1. The molecule has 26 heavy (non-hydrogen) atoms. The van der Waals surface area contributed by atoms with Crippen LogP contribution in [0.5, 0.6) is 0 Å². The Morgan fingerprint density at radius 1 is 0.923 bits per heavy atom. The third kappa shape index (κ3) is 2.71. The van der Waals surface area contributed by atoms with Crippen LogP contribution in [0.25, 0.3) is 5.69 Å². The maximum absolute atomic E-state index is 12.9. The van der Waals surface area contributed by atoms with Crippen molar-refractivity contribution in [3.8, 4) is 5.69 Å². The van der Waals surface area contributed by atoms with Gasteiger partial charge in [-0.25, -0.2) is 14.2 Å². The number of aromatic nitrogens is 3. The molecule has 0 N–H and O–H groups in total. The van der Waals surface area contributed by atoms with Crippen molar-refractivity contribution in [2.45, 2.75) is 13.5 Å². The molecule has 0 unspecified atom stereocenters. The van der Waals surface area contributed by atoms with Crippen molar-refractivity contribution in [3.63, 3.8) is 0 Å². The number of rotatable bonds is 2. The summed E-state index contributed by atoms with van der Waals surface area (Å²) >= 11 is 11.9. The van der Waals surface area contributed by atoms with Gasteiger partial charge < -0.3 is 4.90 Å². The molecule has 2 heterocycles. The summed E-state index contributed by atoms with van der Waals surface area (Å²) in [6.07, 6.45) is 0. The van der Waals surface area contributed by atoms with E-state index in [9.17, 15) is 9.59 Å². The molecule has 1 aliphatic rings. The Bertz CT molecular complexity index is 1120. The Kier molecular flexibility index (Phi) is 4.09. The molecule has 0 amide bonds. The minimum atomic E-state index is -0.654. The van der Waals surface area contributed by atoms with Gasteiger partial charge in [-0.1, -0.05) is 40.9 Å². The van der Waals surface area contributed by atoms with E-state index < -0.39 is 11.4 Å². The van der Waals surface area contributed by atoms with Crippen molar-refractivity contribution >= 4 is 34.8 Å². The lowest BCUT2D eigenvalue weighted by Crippen LogP contribution is -2.40. The monoisotopic (exact) mass is 388 g/mol. The van der Waals surface area contributed by atoms with Crippen molar-refractivity contribution in [1.82, 2.24) is 14.1 Å². The second-order valence-corrected chi connectivity index (χ2v) is 6.86. The summed E-state index contributed by atoms with van der Waals surface area (Å²) in [5.41, 5.74) is 1.26. The van der Waals surface area contributed by atoms with Gasteiger partial charge in [0.15, 0.2) is 0 Å². The van der Waals surface area contributed by atoms with Crippen LogP contribution in [0.2, 0.25) is 10.0 Å². The van der Waals surface area contributed by atoms with Crippen LogP contribution >= 0.6 is 23.2 Å². The summed E-state index contributed by atoms with van der Waals surface area (Å²) in [5.74, 6) is 0.347. The van der Waals surface area contributed by atoms with E-state index in [1.54, 1.807) is 12.1 Å². The van der Waals surface area contributed by atoms with Crippen molar-refractivity contribution in [3.05, 3.63) is 79.0 Å². The lowest BCUT2D eigenvalue weighted by molar-refractivity contribution is 0.672. The zero-order chi connectivity index (χ0) is 18.4. The van der Waals surface area contributed by atoms with Gasteiger partial charge in [-0.3, -0.25) is 4.57 Å². The molecule has 8 heteroatoms. The quantitative estimate of drug-likeness (QED) is 0.676. The van der Waals surface area contributed by atoms with Crippen LogP contribution in [0.15, 0.2) is 52.1 Å². The van der Waals surface area contributed by atoms with Crippen LogP contribution in [0.1, 0.15) is 5.56 Å². The van der Waals surface area contributed by atoms with Crippen LogP contribution in [0.4, 0.5) is 11.6 Å². The predicted octanol–water partition coefficient (Wildman–Crippen LogP) is 3.16. The Balaban J connectivity index is 1.85. The smallest absolute Gasteiger partial charge is 0.310 e. The van der Waals surface area contributed by atoms with Gasteiger partial charge >= 0.3 is 11.4 Å². The standard InChI is InChI=1S/C18H14Cl2N4O2/c1-11-2-4-12(5-3-11)22-8-9-23-16(22)21-17(25)24(18(23)26)13-6-7-14(19)15(20)10-13/h2-7,10H,8-9H2,1H3. The van der Waals surface area contributed by atoms with Gasteiger partial charge in [-0.2, -0.15) is 4.98 Å². The van der Waals surface area contributed by atoms with E-state index in [0.29, 0.717) is 29.7 Å². The van der Waals surface area contributed by atoms with Crippen molar-refractivity contribution in [2.75, 3.05) is 11.4 Å². The Morgan fingerprint density at radius 3 is 2.31 bits per heavy atom. The molecular formula is C18H14Cl2N4O2. The van der Waals surface area contributed by atoms with Gasteiger partial charge in [0, 0.05) is 18.8 Å². The fourth-order valence-electron chi connectivity index (χ4n) is 3.00. The average Bonchev–Trinajstić information content (AvgIpc) is 3.03. The topological polar surface area (TPSA) is 60.1 Å². The lowest BCUT2D eigenvalue weighted by atomic mass is 10.2. The van der Waals surface area contributed by atoms with Crippen molar-refractivity contribution in [2.24, 2.45) is 0 Å². The Morgan fingerprint density at radius 2 is 1.62 bits per heavy atom. The first-order valence-electron chi connectivity index (χ1n) is 7.99. The second kappa shape index (κ2) is 6.30. The summed E-state index contributed by atoms with van der Waals surface area (Å²) in [5, 5.41) is 0.616. The first kappa shape index (κ1) is 16.9. The molecule has 1 aliphatic heterocycles. The molecule has 132 valence electrons. The molecule has 6 nitrogen and oxygen atoms in total. The molecule has 0 spiro atoms. The molecule has 0 aliphatic carbocycles. The van der Waals surface area contributed by atoms with Gasteiger partial charge in [-0.05, 0) is 37.3 Å². The molecule has 0 fully saturated rings. The summed E-state index contributed by atoms with van der Waals surface area (Å²) in [6.45, 7) is 3.01. The first-order valence-corrected chi connectivity index (χ1v) is 8.75. The molecule has 0 saturated carbocycles. The largest absolute Gasteiger partial charge is 0.359 e. The van der Waals surface area contributed by atoms with Gasteiger partial charge in [0.25, 0.3) is 0 Å². The molecule has 1 aromatic heterocycles. The van der Waals surface area contributed by atoms with Crippen LogP contribution < -0.4 is 16.3 Å². The molecule has 0 atom stereocenters. The third-order valence-corrected chi connectivity index (χ3v) is 5.09. The predicted molar refractivity (Wildman–Crippen MR) is 102 cm³/mol. The highest BCUT2D eigenvalue weighted by Gasteiger charge is 2.26. The number of nitrogens with zero attached hydrogens (tertiary/aromatic N) is 4.